The SMILES string of the molecule is COc1ccc(CC[C@@H](C)NC(=O)CCSc2nnnn2C)cc1. The molecule has 2 rings (SSSR count). The van der Waals surface area contributed by atoms with Gasteiger partial charge in [-0.15, -0.1) is 5.10 Å². The van der Waals surface area contributed by atoms with Gasteiger partial charge in [0.1, 0.15) is 5.75 Å². The molecular weight excluding hydrogens is 326 g/mol. The average Bonchev–Trinajstić information content (AvgIpc) is 2.98. The van der Waals surface area contributed by atoms with E-state index in [9.17, 15) is 4.79 Å². The molecule has 0 bridgehead atoms. The number of nitrogens with one attached hydrogen (secondary N) is 1. The van der Waals surface area contributed by atoms with Crippen molar-refractivity contribution in [3.63, 3.8) is 0 Å². The van der Waals surface area contributed by atoms with Crippen LogP contribution in [0.5, 0.6) is 5.75 Å². The lowest BCUT2D eigenvalue weighted by Crippen LogP contribution is -2.33. The van der Waals surface area contributed by atoms with E-state index < -0.39 is 0 Å². The van der Waals surface area contributed by atoms with Crippen LogP contribution in [-0.4, -0.2) is 45.0 Å². The third-order valence-corrected chi connectivity index (χ3v) is 4.59. The van der Waals surface area contributed by atoms with E-state index in [0.717, 1.165) is 23.7 Å². The zero-order valence-electron chi connectivity index (χ0n) is 14.2. The molecule has 0 fully saturated rings. The van der Waals surface area contributed by atoms with Gasteiger partial charge in [0.2, 0.25) is 11.1 Å². The smallest absolute Gasteiger partial charge is 0.221 e. The summed E-state index contributed by atoms with van der Waals surface area (Å²) in [5, 5.41) is 14.9. The highest BCUT2D eigenvalue weighted by Crippen LogP contribution is 2.14. The Bertz CT molecular complexity index is 644. The van der Waals surface area contributed by atoms with Crippen LogP contribution >= 0.6 is 11.8 Å². The standard InChI is InChI=1S/C16H23N5O2S/c1-12(4-5-13-6-8-14(23-3)9-7-13)17-15(22)10-11-24-16-18-19-20-21(16)2/h6-9,12H,4-5,10-11H2,1-3H3,(H,17,22)/t12-/m1/s1. The summed E-state index contributed by atoms with van der Waals surface area (Å²) in [5.41, 5.74) is 1.24. The lowest BCUT2D eigenvalue weighted by Gasteiger charge is -2.14. The molecule has 1 aromatic heterocycles. The number of aryl methyl sites for hydroxylation is 2. The van der Waals surface area contributed by atoms with E-state index in [0.29, 0.717) is 12.2 Å². The number of aromatic nitrogens is 4. The molecule has 1 aromatic carbocycles. The normalized spacial score (nSPS) is 12.0. The molecule has 0 aliphatic heterocycles. The van der Waals surface area contributed by atoms with E-state index in [-0.39, 0.29) is 11.9 Å². The molecule has 0 radical (unpaired) electrons. The number of rotatable bonds is 9. The molecule has 0 saturated carbocycles. The van der Waals surface area contributed by atoms with Crippen LogP contribution in [0.2, 0.25) is 0 Å². The summed E-state index contributed by atoms with van der Waals surface area (Å²) in [7, 11) is 3.44. The van der Waals surface area contributed by atoms with Crippen molar-refractivity contribution in [1.29, 1.82) is 0 Å². The van der Waals surface area contributed by atoms with Crippen molar-refractivity contribution >= 4 is 17.7 Å². The Morgan fingerprint density at radius 1 is 1.38 bits per heavy atom. The Balaban J connectivity index is 1.64. The van der Waals surface area contributed by atoms with Gasteiger partial charge >= 0.3 is 0 Å². The second kappa shape index (κ2) is 9.27. The minimum Gasteiger partial charge on any atom is -0.497 e. The number of carbonyl (C=O) groups is 1. The molecule has 8 heteroatoms. The van der Waals surface area contributed by atoms with Gasteiger partial charge in [0.05, 0.1) is 7.11 Å². The van der Waals surface area contributed by atoms with Crippen LogP contribution in [0.25, 0.3) is 0 Å². The van der Waals surface area contributed by atoms with E-state index in [1.807, 2.05) is 19.1 Å². The number of ether oxygens (including phenoxy) is 1. The first-order chi connectivity index (χ1) is 11.6. The van der Waals surface area contributed by atoms with Gasteiger partial charge in [-0.3, -0.25) is 4.79 Å². The molecule has 1 heterocycles. The summed E-state index contributed by atoms with van der Waals surface area (Å²) in [4.78, 5) is 12.0. The van der Waals surface area contributed by atoms with Crippen molar-refractivity contribution < 1.29 is 9.53 Å². The Morgan fingerprint density at radius 2 is 2.12 bits per heavy atom. The maximum absolute atomic E-state index is 12.0. The molecular formula is C16H23N5O2S. The summed E-state index contributed by atoms with van der Waals surface area (Å²) in [6.07, 6.45) is 2.27. The number of tetrazole rings is 1. The minimum absolute atomic E-state index is 0.0554. The Morgan fingerprint density at radius 3 is 2.75 bits per heavy atom. The number of carbonyl (C=O) groups excluding carboxylic acids is 1. The first-order valence-electron chi connectivity index (χ1n) is 7.86. The van der Waals surface area contributed by atoms with Gasteiger partial charge in [-0.1, -0.05) is 23.9 Å². The Labute approximate surface area is 146 Å². The average molecular weight is 349 g/mol. The highest BCUT2D eigenvalue weighted by molar-refractivity contribution is 7.99. The highest BCUT2D eigenvalue weighted by atomic mass is 32.2. The van der Waals surface area contributed by atoms with Crippen LogP contribution in [0.15, 0.2) is 29.4 Å². The molecule has 0 saturated heterocycles. The summed E-state index contributed by atoms with van der Waals surface area (Å²) >= 11 is 1.48. The molecule has 1 atom stereocenters. The van der Waals surface area contributed by atoms with E-state index >= 15 is 0 Å². The van der Waals surface area contributed by atoms with Gasteiger partial charge in [-0.05, 0) is 47.9 Å². The van der Waals surface area contributed by atoms with Crippen LogP contribution in [0, 0.1) is 0 Å². The quantitative estimate of drug-likeness (QED) is 0.696. The van der Waals surface area contributed by atoms with Gasteiger partial charge in [0.25, 0.3) is 0 Å². The van der Waals surface area contributed by atoms with E-state index in [2.05, 4.69) is 33.0 Å². The fourth-order valence-corrected chi connectivity index (χ4v) is 2.96. The second-order valence-corrected chi connectivity index (χ2v) is 6.60. The first kappa shape index (κ1) is 18.3. The van der Waals surface area contributed by atoms with Crippen LogP contribution in [0.3, 0.4) is 0 Å². The lowest BCUT2D eigenvalue weighted by atomic mass is 10.1. The minimum atomic E-state index is 0.0554. The lowest BCUT2D eigenvalue weighted by molar-refractivity contribution is -0.121. The number of nitrogens with zero attached hydrogens (tertiary/aromatic N) is 4. The van der Waals surface area contributed by atoms with Crippen molar-refractivity contribution in [2.75, 3.05) is 12.9 Å². The van der Waals surface area contributed by atoms with Crippen LogP contribution < -0.4 is 10.1 Å². The summed E-state index contributed by atoms with van der Waals surface area (Å²) < 4.78 is 6.74. The molecule has 7 nitrogen and oxygen atoms in total. The second-order valence-electron chi connectivity index (χ2n) is 5.54. The van der Waals surface area contributed by atoms with Crippen molar-refractivity contribution in [3.8, 4) is 5.75 Å². The zero-order chi connectivity index (χ0) is 17.4. The number of hydrogen-bond donors (Lipinski definition) is 1. The van der Waals surface area contributed by atoms with Crippen LogP contribution in [0.4, 0.5) is 0 Å². The monoisotopic (exact) mass is 349 g/mol. The number of thioether (sulfide) groups is 1. The number of amides is 1. The summed E-state index contributed by atoms with van der Waals surface area (Å²) in [6.45, 7) is 2.03. The molecule has 1 N–H and O–H groups in total. The largest absolute Gasteiger partial charge is 0.497 e. The molecule has 1 amide bonds. The van der Waals surface area contributed by atoms with Gasteiger partial charge in [0, 0.05) is 25.3 Å². The third-order valence-electron chi connectivity index (χ3n) is 3.57. The Kier molecular flexibility index (Phi) is 7.05. The Hall–Kier alpha value is -2.09. The number of hydrogen-bond acceptors (Lipinski definition) is 6. The first-order valence-corrected chi connectivity index (χ1v) is 8.84. The molecule has 0 spiro atoms. The highest BCUT2D eigenvalue weighted by Gasteiger charge is 2.09. The van der Waals surface area contributed by atoms with Gasteiger partial charge in [-0.25, -0.2) is 4.68 Å². The fourth-order valence-electron chi connectivity index (χ4n) is 2.17. The van der Waals surface area contributed by atoms with E-state index in [1.54, 1.807) is 18.8 Å². The van der Waals surface area contributed by atoms with Crippen LogP contribution in [-0.2, 0) is 18.3 Å². The third kappa shape index (κ3) is 5.84. The van der Waals surface area contributed by atoms with E-state index in [1.165, 1.54) is 17.3 Å². The summed E-state index contributed by atoms with van der Waals surface area (Å²) in [6, 6.07) is 8.16. The zero-order valence-corrected chi connectivity index (χ0v) is 15.0. The van der Waals surface area contributed by atoms with Crippen molar-refractivity contribution in [2.24, 2.45) is 7.05 Å². The predicted molar refractivity (Wildman–Crippen MR) is 93.1 cm³/mol. The molecule has 0 aliphatic carbocycles. The number of methoxy groups -OCH3 is 1. The molecule has 0 aliphatic rings. The molecule has 24 heavy (non-hydrogen) atoms. The molecule has 130 valence electrons. The van der Waals surface area contributed by atoms with Gasteiger partial charge < -0.3 is 10.1 Å². The molecule has 0 unspecified atom stereocenters. The maximum atomic E-state index is 12.0. The maximum Gasteiger partial charge on any atom is 0.221 e. The van der Waals surface area contributed by atoms with Gasteiger partial charge in [-0.2, -0.15) is 0 Å². The van der Waals surface area contributed by atoms with Crippen LogP contribution in [0.1, 0.15) is 25.3 Å². The molecule has 2 aromatic rings. The van der Waals surface area contributed by atoms with E-state index in [4.69, 9.17) is 4.74 Å². The topological polar surface area (TPSA) is 81.9 Å². The predicted octanol–water partition coefficient (Wildman–Crippen LogP) is 1.84. The van der Waals surface area contributed by atoms with Crippen molar-refractivity contribution in [3.05, 3.63) is 29.8 Å². The number of benzene rings is 1. The fraction of sp³-hybridized carbons (Fsp3) is 0.500. The van der Waals surface area contributed by atoms with Gasteiger partial charge in [0.15, 0.2) is 0 Å². The van der Waals surface area contributed by atoms with Crippen molar-refractivity contribution in [1.82, 2.24) is 25.5 Å². The summed E-state index contributed by atoms with van der Waals surface area (Å²) in [5.74, 6) is 1.57. The van der Waals surface area contributed by atoms with Crippen molar-refractivity contribution in [2.45, 2.75) is 37.4 Å².